The van der Waals surface area contributed by atoms with Gasteiger partial charge in [0.05, 0.1) is 0 Å². The zero-order chi connectivity index (χ0) is 43.0. The molecule has 6 nitrogen and oxygen atoms in total. The summed E-state index contributed by atoms with van der Waals surface area (Å²) in [6.07, 6.45) is 56.6. The van der Waals surface area contributed by atoms with Gasteiger partial charge in [-0.2, -0.15) is 0 Å². The van der Waals surface area contributed by atoms with Gasteiger partial charge in [-0.25, -0.2) is 0 Å². The van der Waals surface area contributed by atoms with E-state index in [2.05, 4.69) is 69.4 Å². The van der Waals surface area contributed by atoms with Crippen molar-refractivity contribution in [3.05, 3.63) is 48.6 Å². The molecule has 0 aliphatic carbocycles. The van der Waals surface area contributed by atoms with Crippen LogP contribution in [0.4, 0.5) is 0 Å². The molecule has 0 saturated carbocycles. The molecule has 0 bridgehead atoms. The van der Waals surface area contributed by atoms with Gasteiger partial charge in [0, 0.05) is 19.3 Å². The van der Waals surface area contributed by atoms with Crippen LogP contribution in [0.1, 0.15) is 252 Å². The molecule has 1 atom stereocenters. The molecule has 0 amide bonds. The Morgan fingerprint density at radius 3 is 1.00 bits per heavy atom. The lowest BCUT2D eigenvalue weighted by Crippen LogP contribution is -2.30. The number of hydrogen-bond acceptors (Lipinski definition) is 6. The largest absolute Gasteiger partial charge is 0.462 e. The maximum atomic E-state index is 12.8. The lowest BCUT2D eigenvalue weighted by molar-refractivity contribution is -0.167. The number of carbonyl (C=O) groups excluding carboxylic acids is 3. The smallest absolute Gasteiger partial charge is 0.306 e. The van der Waals surface area contributed by atoms with Gasteiger partial charge in [0.1, 0.15) is 13.2 Å². The Hall–Kier alpha value is -2.63. The third-order valence-electron chi connectivity index (χ3n) is 10.8. The molecular formula is C53H94O6. The first kappa shape index (κ1) is 56.4. The van der Waals surface area contributed by atoms with E-state index < -0.39 is 6.10 Å². The second-order valence-corrected chi connectivity index (χ2v) is 16.7. The first-order chi connectivity index (χ1) is 29.0. The minimum atomic E-state index is -0.782. The average molecular weight is 827 g/mol. The van der Waals surface area contributed by atoms with Crippen LogP contribution in [0.5, 0.6) is 0 Å². The number of unbranched alkanes of at least 4 members (excludes halogenated alkanes) is 26. The van der Waals surface area contributed by atoms with Crippen LogP contribution < -0.4 is 0 Å². The first-order valence-electron chi connectivity index (χ1n) is 25.1. The zero-order valence-electron chi connectivity index (χ0n) is 39.0. The summed E-state index contributed by atoms with van der Waals surface area (Å²) in [5.41, 5.74) is 0. The van der Waals surface area contributed by atoms with E-state index in [1.807, 2.05) is 0 Å². The summed E-state index contributed by atoms with van der Waals surface area (Å²) in [5.74, 6) is -0.905. The Bertz CT molecular complexity index is 1040. The highest BCUT2D eigenvalue weighted by Crippen LogP contribution is 2.15. The molecule has 0 N–H and O–H groups in total. The number of carbonyl (C=O) groups is 3. The van der Waals surface area contributed by atoms with Gasteiger partial charge >= 0.3 is 17.9 Å². The van der Waals surface area contributed by atoms with Crippen LogP contribution in [-0.4, -0.2) is 37.2 Å². The molecule has 1 unspecified atom stereocenters. The second-order valence-electron chi connectivity index (χ2n) is 16.7. The molecular weight excluding hydrogens is 733 g/mol. The predicted molar refractivity (Wildman–Crippen MR) is 252 cm³/mol. The second kappa shape index (κ2) is 48.0. The van der Waals surface area contributed by atoms with Crippen LogP contribution in [0.25, 0.3) is 0 Å². The Morgan fingerprint density at radius 2 is 0.644 bits per heavy atom. The molecule has 0 rings (SSSR count). The number of esters is 3. The van der Waals surface area contributed by atoms with Gasteiger partial charge in [-0.3, -0.25) is 14.4 Å². The fourth-order valence-electron chi connectivity index (χ4n) is 6.99. The van der Waals surface area contributed by atoms with Crippen LogP contribution in [-0.2, 0) is 28.6 Å². The maximum Gasteiger partial charge on any atom is 0.306 e. The minimum Gasteiger partial charge on any atom is -0.462 e. The minimum absolute atomic E-state index is 0.0814. The molecule has 0 heterocycles. The van der Waals surface area contributed by atoms with Crippen molar-refractivity contribution in [1.29, 1.82) is 0 Å². The summed E-state index contributed by atoms with van der Waals surface area (Å²) in [7, 11) is 0. The van der Waals surface area contributed by atoms with Gasteiger partial charge in [-0.1, -0.05) is 211 Å². The highest BCUT2D eigenvalue weighted by molar-refractivity contribution is 5.71. The van der Waals surface area contributed by atoms with E-state index in [-0.39, 0.29) is 31.1 Å². The molecule has 59 heavy (non-hydrogen) atoms. The van der Waals surface area contributed by atoms with E-state index in [0.29, 0.717) is 19.3 Å². The molecule has 0 saturated heterocycles. The normalized spacial score (nSPS) is 12.4. The SMILES string of the molecule is CCC/C=C\C/C=C\CCCCCCCC(=O)OCC(COC(=O)CCCCCCCCCCCCCCCCC)OC(=O)CCCCCCC/C=C\C/C=C\CCC. The molecule has 342 valence electrons. The maximum absolute atomic E-state index is 12.8. The van der Waals surface area contributed by atoms with Crippen molar-refractivity contribution >= 4 is 17.9 Å². The average Bonchev–Trinajstić information content (AvgIpc) is 3.23. The topological polar surface area (TPSA) is 78.9 Å². The summed E-state index contributed by atoms with van der Waals surface area (Å²) in [4.78, 5) is 37.9. The predicted octanol–water partition coefficient (Wildman–Crippen LogP) is 16.3. The quantitative estimate of drug-likeness (QED) is 0.0263. The summed E-state index contributed by atoms with van der Waals surface area (Å²) in [6, 6.07) is 0. The summed E-state index contributed by atoms with van der Waals surface area (Å²) >= 11 is 0. The third kappa shape index (κ3) is 46.3. The molecule has 6 heteroatoms. The molecule has 0 aromatic rings. The molecule has 0 aliphatic rings. The molecule has 0 spiro atoms. The molecule has 0 fully saturated rings. The van der Waals surface area contributed by atoms with Crippen LogP contribution in [0, 0.1) is 0 Å². The fraction of sp³-hybridized carbons (Fsp3) is 0.792. The van der Waals surface area contributed by atoms with Crippen LogP contribution in [0.15, 0.2) is 48.6 Å². The van der Waals surface area contributed by atoms with Crippen molar-refractivity contribution in [2.45, 2.75) is 258 Å². The van der Waals surface area contributed by atoms with Gasteiger partial charge in [0.2, 0.25) is 0 Å². The van der Waals surface area contributed by atoms with E-state index in [1.54, 1.807) is 0 Å². The highest BCUT2D eigenvalue weighted by Gasteiger charge is 2.19. The number of allylic oxidation sites excluding steroid dienone is 8. The van der Waals surface area contributed by atoms with Crippen molar-refractivity contribution in [1.82, 2.24) is 0 Å². The Balaban J connectivity index is 4.39. The Kier molecular flexibility index (Phi) is 45.9. The molecule has 0 aromatic heterocycles. The molecule has 0 aliphatic heterocycles. The van der Waals surface area contributed by atoms with Crippen molar-refractivity contribution in [3.63, 3.8) is 0 Å². The number of ether oxygens (including phenoxy) is 3. The van der Waals surface area contributed by atoms with Crippen LogP contribution in [0.3, 0.4) is 0 Å². The first-order valence-corrected chi connectivity index (χ1v) is 25.1. The zero-order valence-corrected chi connectivity index (χ0v) is 39.0. The van der Waals surface area contributed by atoms with Crippen molar-refractivity contribution in [3.8, 4) is 0 Å². The lowest BCUT2D eigenvalue weighted by atomic mass is 10.0. The van der Waals surface area contributed by atoms with E-state index in [4.69, 9.17) is 14.2 Å². The lowest BCUT2D eigenvalue weighted by Gasteiger charge is -2.18. The molecule has 0 aromatic carbocycles. The van der Waals surface area contributed by atoms with E-state index >= 15 is 0 Å². The Labute approximate surface area is 365 Å². The van der Waals surface area contributed by atoms with Crippen molar-refractivity contribution in [2.24, 2.45) is 0 Å². The standard InChI is InChI=1S/C53H94O6/c1-4-7-10-13-16-19-22-25-26-29-31-34-37-40-43-46-52(55)58-49-50(59-53(56)47-44-41-38-35-32-28-24-21-18-15-12-9-6-3)48-57-51(54)45-42-39-36-33-30-27-23-20-17-14-11-8-5-2/h11-12,14-15,20-21,23-24,50H,4-10,13,16-19,22,25-49H2,1-3H3/b14-11-,15-12-,23-20-,24-21-. The number of hydrogen-bond donors (Lipinski definition) is 0. The fourth-order valence-corrected chi connectivity index (χ4v) is 6.99. The van der Waals surface area contributed by atoms with E-state index in [0.717, 1.165) is 116 Å². The third-order valence-corrected chi connectivity index (χ3v) is 10.8. The van der Waals surface area contributed by atoms with Gasteiger partial charge in [0.15, 0.2) is 6.10 Å². The van der Waals surface area contributed by atoms with Gasteiger partial charge in [-0.05, 0) is 70.6 Å². The van der Waals surface area contributed by atoms with Crippen LogP contribution in [0.2, 0.25) is 0 Å². The monoisotopic (exact) mass is 827 g/mol. The van der Waals surface area contributed by atoms with Crippen molar-refractivity contribution in [2.75, 3.05) is 13.2 Å². The summed E-state index contributed by atoms with van der Waals surface area (Å²) < 4.78 is 16.8. The Morgan fingerprint density at radius 1 is 0.339 bits per heavy atom. The van der Waals surface area contributed by atoms with Gasteiger partial charge < -0.3 is 14.2 Å². The van der Waals surface area contributed by atoms with Gasteiger partial charge in [-0.15, -0.1) is 0 Å². The highest BCUT2D eigenvalue weighted by atomic mass is 16.6. The van der Waals surface area contributed by atoms with E-state index in [9.17, 15) is 14.4 Å². The van der Waals surface area contributed by atoms with Gasteiger partial charge in [0.25, 0.3) is 0 Å². The summed E-state index contributed by atoms with van der Waals surface area (Å²) in [6.45, 7) is 6.50. The number of rotatable bonds is 45. The van der Waals surface area contributed by atoms with E-state index in [1.165, 1.54) is 96.3 Å². The van der Waals surface area contributed by atoms with Crippen molar-refractivity contribution < 1.29 is 28.6 Å². The summed E-state index contributed by atoms with van der Waals surface area (Å²) in [5, 5.41) is 0. The van der Waals surface area contributed by atoms with Crippen LogP contribution >= 0.6 is 0 Å². The molecule has 0 radical (unpaired) electrons.